The molecule has 3 aliphatic heterocycles. The molecule has 0 bridgehead atoms. The van der Waals surface area contributed by atoms with Gasteiger partial charge in [-0.15, -0.1) is 0 Å². The van der Waals surface area contributed by atoms with Gasteiger partial charge < -0.3 is 44.4 Å². The van der Waals surface area contributed by atoms with Gasteiger partial charge in [-0.1, -0.05) is 37.6 Å². The molecule has 0 atom stereocenters. The molecule has 20 heteroatoms. The van der Waals surface area contributed by atoms with E-state index in [4.69, 9.17) is 40.0 Å². The van der Waals surface area contributed by atoms with Crippen LogP contribution in [0.1, 0.15) is 36.1 Å². The van der Waals surface area contributed by atoms with Gasteiger partial charge in [0.25, 0.3) is 0 Å². The number of pyridine rings is 2. The summed E-state index contributed by atoms with van der Waals surface area (Å²) in [6.45, 7) is 10.2. The largest absolute Gasteiger partial charge is 0.486 e. The molecule has 404 valence electrons. The third-order valence-electron chi connectivity index (χ3n) is 12.3. The number of nitrogens with one attached hydrogen (secondary N) is 3. The van der Waals surface area contributed by atoms with Crippen LogP contribution >= 0.6 is 11.6 Å². The molecule has 3 aromatic heterocycles. The minimum atomic E-state index is -3.32. The molecule has 0 saturated heterocycles. The zero-order valence-electron chi connectivity index (χ0n) is 42.7. The number of nitrogens with zero attached hydrogens (tertiary/aromatic N) is 4. The van der Waals surface area contributed by atoms with Crippen LogP contribution in [-0.2, 0) is 13.1 Å². The van der Waals surface area contributed by atoms with Gasteiger partial charge in [0.2, 0.25) is 0 Å². The van der Waals surface area contributed by atoms with Crippen LogP contribution in [-0.4, -0.2) is 65.6 Å². The van der Waals surface area contributed by atoms with Gasteiger partial charge in [-0.2, -0.15) is 8.78 Å². The summed E-state index contributed by atoms with van der Waals surface area (Å²) in [5.41, 5.74) is 6.60. The molecule has 5 aromatic carbocycles. The van der Waals surface area contributed by atoms with E-state index in [0.29, 0.717) is 83.3 Å². The molecule has 11 rings (SSSR count). The van der Waals surface area contributed by atoms with Crippen molar-refractivity contribution in [2.75, 3.05) is 55.5 Å². The lowest BCUT2D eigenvalue weighted by Crippen LogP contribution is -2.36. The fourth-order valence-corrected chi connectivity index (χ4v) is 8.47. The number of halogens is 7. The first-order valence-electron chi connectivity index (χ1n) is 24.7. The molecule has 3 aliphatic rings. The molecule has 8 aromatic rings. The fourth-order valence-electron chi connectivity index (χ4n) is 8.21. The van der Waals surface area contributed by atoms with Crippen molar-refractivity contribution in [2.24, 2.45) is 5.92 Å². The van der Waals surface area contributed by atoms with Crippen molar-refractivity contribution in [3.8, 4) is 68.0 Å². The van der Waals surface area contributed by atoms with Crippen LogP contribution in [0.25, 0.3) is 33.5 Å². The molecular formula is C58H52ClF6N7O6. The lowest BCUT2D eigenvalue weighted by Gasteiger charge is -2.26. The van der Waals surface area contributed by atoms with Crippen LogP contribution < -0.4 is 44.4 Å². The molecule has 0 spiro atoms. The van der Waals surface area contributed by atoms with Gasteiger partial charge in [-0.25, -0.2) is 32.5 Å². The van der Waals surface area contributed by atoms with E-state index in [2.05, 4.69) is 49.7 Å². The van der Waals surface area contributed by atoms with Gasteiger partial charge in [-0.05, 0) is 115 Å². The van der Waals surface area contributed by atoms with Crippen molar-refractivity contribution in [3.05, 3.63) is 172 Å². The van der Waals surface area contributed by atoms with Crippen molar-refractivity contribution in [1.29, 1.82) is 0 Å². The molecular weight excluding hydrogens is 1040 g/mol. The van der Waals surface area contributed by atoms with Crippen molar-refractivity contribution in [1.82, 2.24) is 19.9 Å². The van der Waals surface area contributed by atoms with Gasteiger partial charge in [-0.3, -0.25) is 4.98 Å². The molecule has 13 nitrogen and oxygen atoms in total. The Morgan fingerprint density at radius 1 is 0.513 bits per heavy atom. The number of fused-ring (bicyclic) bond motifs is 3. The maximum Gasteiger partial charge on any atom is 0.433 e. The maximum atomic E-state index is 13.7. The molecule has 0 unspecified atom stereocenters. The van der Waals surface area contributed by atoms with Crippen molar-refractivity contribution in [3.63, 3.8) is 0 Å². The highest BCUT2D eigenvalue weighted by atomic mass is 35.5. The van der Waals surface area contributed by atoms with Crippen molar-refractivity contribution in [2.45, 2.75) is 46.9 Å². The summed E-state index contributed by atoms with van der Waals surface area (Å²) in [6, 6.07) is 25.5. The Balaban J connectivity index is 0.000000143. The number of benzene rings is 5. The molecule has 78 heavy (non-hydrogen) atoms. The molecule has 0 radical (unpaired) electrons. The van der Waals surface area contributed by atoms with Gasteiger partial charge in [0.1, 0.15) is 67.1 Å². The summed E-state index contributed by atoms with van der Waals surface area (Å²) in [7, 11) is 0. The molecule has 0 fully saturated rings. The summed E-state index contributed by atoms with van der Waals surface area (Å²) in [4.78, 5) is 17.3. The van der Waals surface area contributed by atoms with Gasteiger partial charge in [0.05, 0.1) is 23.1 Å². The van der Waals surface area contributed by atoms with Crippen LogP contribution in [0.5, 0.6) is 34.5 Å². The van der Waals surface area contributed by atoms with E-state index >= 15 is 0 Å². The van der Waals surface area contributed by atoms with E-state index in [1.165, 1.54) is 42.5 Å². The van der Waals surface area contributed by atoms with Crippen LogP contribution in [0.2, 0.25) is 5.02 Å². The second kappa shape index (κ2) is 24.3. The normalized spacial score (nSPS) is 13.5. The summed E-state index contributed by atoms with van der Waals surface area (Å²) >= 11 is 6.35. The number of ether oxygens (including phenoxy) is 6. The summed E-state index contributed by atoms with van der Waals surface area (Å²) < 4.78 is 114. The number of aryl methyl sites for hydroxylation is 2. The van der Waals surface area contributed by atoms with Crippen LogP contribution in [0.15, 0.2) is 122 Å². The first-order chi connectivity index (χ1) is 37.6. The topological polar surface area (TPSA) is 143 Å². The van der Waals surface area contributed by atoms with Gasteiger partial charge >= 0.3 is 6.11 Å². The number of aromatic nitrogens is 4. The highest BCUT2D eigenvalue weighted by Gasteiger charge is 2.38. The number of alkyl halides is 2. The fraction of sp³-hybridized carbons (Fsp3) is 0.241. The lowest BCUT2D eigenvalue weighted by molar-refractivity contribution is -0.208. The number of hydrogen-bond acceptors (Lipinski definition) is 13. The summed E-state index contributed by atoms with van der Waals surface area (Å²) in [6.07, 6.45) is 3.27. The highest BCUT2D eigenvalue weighted by Crippen LogP contribution is 2.42. The molecule has 3 N–H and O–H groups in total. The Bertz CT molecular complexity index is 3200. The van der Waals surface area contributed by atoms with E-state index in [0.717, 1.165) is 51.4 Å². The maximum absolute atomic E-state index is 13.7. The summed E-state index contributed by atoms with van der Waals surface area (Å²) in [5.74, 6) is 2.90. The van der Waals surface area contributed by atoms with Crippen LogP contribution in [0.4, 0.5) is 43.8 Å². The van der Waals surface area contributed by atoms with E-state index in [1.54, 1.807) is 49.1 Å². The Labute approximate surface area is 450 Å². The Hall–Kier alpha value is -8.45. The van der Waals surface area contributed by atoms with Crippen molar-refractivity contribution < 1.29 is 54.8 Å². The number of anilines is 3. The first kappa shape index (κ1) is 54.3. The van der Waals surface area contributed by atoms with Crippen LogP contribution in [0.3, 0.4) is 0 Å². The zero-order valence-corrected chi connectivity index (χ0v) is 43.4. The standard InChI is InChI=1S/C21H18F2N2O2.C20H15ClF2N2O2.C17H19F2N3O2/c1-13-9-19-20(27-8-7-26-19)10-15(13)14-5-6-21(24-11-14)25-12-16-17(22)3-2-4-18(16)23;21-15-9-19-18(26-6-7-27-19)8-13(15)12-4-5-20(24-10-12)25-11-14-16(22)2-1-3-17(14)23;1-10(2)6-21-16-8-20-13(7-22-16)12-5-15-14(4-11(12)3)23-9-17(18,19)24-15/h2-6,9-11H,7-8,12H2,1H3,(H,24,25);1-5,8-10H,6-7,11H2,(H,24,25);4-5,7-8,10H,6,9H2,1-3H3,(H,21,22). The number of rotatable bonds is 12. The van der Waals surface area contributed by atoms with E-state index in [9.17, 15) is 26.3 Å². The molecule has 0 amide bonds. The Morgan fingerprint density at radius 2 is 0.974 bits per heavy atom. The monoisotopic (exact) mass is 1090 g/mol. The predicted octanol–water partition coefficient (Wildman–Crippen LogP) is 13.7. The number of hydrogen-bond donors (Lipinski definition) is 3. The Morgan fingerprint density at radius 3 is 1.47 bits per heavy atom. The third kappa shape index (κ3) is 13.4. The van der Waals surface area contributed by atoms with E-state index in [-0.39, 0.29) is 30.0 Å². The molecule has 0 saturated carbocycles. The average molecular weight is 1090 g/mol. The minimum Gasteiger partial charge on any atom is -0.486 e. The highest BCUT2D eigenvalue weighted by molar-refractivity contribution is 6.33. The molecule has 6 heterocycles. The van der Waals surface area contributed by atoms with Crippen LogP contribution in [0, 0.1) is 43.0 Å². The van der Waals surface area contributed by atoms with E-state index < -0.39 is 36.0 Å². The SMILES string of the molecule is Cc1cc2c(cc1-c1ccc(NCc3c(F)cccc3F)nc1)OCCO2.Cc1cc2c(cc1-c1cnc(NCC(C)C)cn1)OC(F)(F)CO2.Fc1cccc(F)c1CNc1ccc(-c2cc3c(cc2Cl)OCCO3)cn1. The second-order valence-electron chi connectivity index (χ2n) is 18.5. The lowest BCUT2D eigenvalue weighted by atomic mass is 10.0. The minimum absolute atomic E-state index is 0.00433. The molecule has 0 aliphatic carbocycles. The van der Waals surface area contributed by atoms with Gasteiger partial charge in [0, 0.05) is 71.5 Å². The van der Waals surface area contributed by atoms with Crippen molar-refractivity contribution >= 4 is 29.1 Å². The second-order valence-corrected chi connectivity index (χ2v) is 18.9. The Kier molecular flexibility index (Phi) is 16.9. The predicted molar refractivity (Wildman–Crippen MR) is 285 cm³/mol. The zero-order chi connectivity index (χ0) is 54.9. The van der Waals surface area contributed by atoms with E-state index in [1.807, 2.05) is 44.2 Å². The third-order valence-corrected chi connectivity index (χ3v) is 12.6. The quantitative estimate of drug-likeness (QED) is 0.1000. The smallest absolute Gasteiger partial charge is 0.433 e. The van der Waals surface area contributed by atoms with Gasteiger partial charge in [0.15, 0.2) is 41.1 Å². The first-order valence-corrected chi connectivity index (χ1v) is 25.1. The summed E-state index contributed by atoms with van der Waals surface area (Å²) in [5, 5.41) is 9.57. The average Bonchev–Trinajstić information content (AvgIpc) is 3.43.